The Hall–Kier alpha value is -0.160. The van der Waals surface area contributed by atoms with E-state index in [0.29, 0.717) is 0 Å². The van der Waals surface area contributed by atoms with Gasteiger partial charge in [-0.25, -0.2) is 10.1 Å². The van der Waals surface area contributed by atoms with E-state index in [9.17, 15) is 5.21 Å². The third kappa shape index (κ3) is 3.68. The highest BCUT2D eigenvalue weighted by atomic mass is 16.9. The topological polar surface area (TPSA) is 57.0 Å². The minimum absolute atomic E-state index is 0.0938. The lowest BCUT2D eigenvalue weighted by Gasteiger charge is -2.14. The minimum atomic E-state index is -0.373. The van der Waals surface area contributed by atoms with Crippen LogP contribution in [0.2, 0.25) is 0 Å². The summed E-state index contributed by atoms with van der Waals surface area (Å²) in [7, 11) is 1.29. The maximum Gasteiger partial charge on any atom is 0.130 e. The fourth-order valence-corrected chi connectivity index (χ4v) is 0.193. The summed E-state index contributed by atoms with van der Waals surface area (Å²) in [5, 5.41) is 17.7. The molecule has 44 valence electrons. The molecule has 4 nitrogen and oxygen atoms in total. The smallest absolute Gasteiger partial charge is 0.130 e. The van der Waals surface area contributed by atoms with Crippen molar-refractivity contribution in [1.29, 1.82) is 0 Å². The second-order valence-electron chi connectivity index (χ2n) is 1.05. The molecule has 0 aliphatic carbocycles. The molecule has 0 aliphatic heterocycles. The molecule has 0 radical (unpaired) electrons. The summed E-state index contributed by atoms with van der Waals surface area (Å²) in [6, 6.07) is 0. The van der Waals surface area contributed by atoms with Crippen molar-refractivity contribution in [1.82, 2.24) is 0 Å². The number of aliphatic hydroxyl groups is 1. The standard InChI is InChI=1S/C3H9NO3/c1-7-4(6)2-3-5/h4-5H,2-3H2,1H3. The molecule has 2 N–H and O–H groups in total. The van der Waals surface area contributed by atoms with Gasteiger partial charge in [-0.05, 0) is 0 Å². The average Bonchev–Trinajstić information content (AvgIpc) is 1.68. The van der Waals surface area contributed by atoms with E-state index < -0.39 is 0 Å². The minimum Gasteiger partial charge on any atom is -0.600 e. The van der Waals surface area contributed by atoms with Gasteiger partial charge >= 0.3 is 0 Å². The zero-order chi connectivity index (χ0) is 5.70. The van der Waals surface area contributed by atoms with Gasteiger partial charge in [0.15, 0.2) is 0 Å². The molecule has 0 aromatic rings. The van der Waals surface area contributed by atoms with Crippen molar-refractivity contribution in [3.8, 4) is 0 Å². The Morgan fingerprint density at radius 3 is 2.57 bits per heavy atom. The fourth-order valence-electron chi connectivity index (χ4n) is 0.193. The van der Waals surface area contributed by atoms with E-state index in [4.69, 9.17) is 5.11 Å². The molecular weight excluding hydrogens is 98.0 g/mol. The average molecular weight is 107 g/mol. The predicted octanol–water partition coefficient (Wildman–Crippen LogP) is -2.08. The van der Waals surface area contributed by atoms with Crippen LogP contribution in [0.1, 0.15) is 0 Å². The number of quaternary nitrogens is 1. The number of nitrogens with one attached hydrogen (secondary N) is 1. The van der Waals surface area contributed by atoms with Gasteiger partial charge in [-0.2, -0.15) is 0 Å². The molecular formula is C3H9NO3. The van der Waals surface area contributed by atoms with Gasteiger partial charge in [-0.15, -0.1) is 0 Å². The van der Waals surface area contributed by atoms with Crippen molar-refractivity contribution in [2.45, 2.75) is 0 Å². The zero-order valence-electron chi connectivity index (χ0n) is 4.18. The third-order valence-corrected chi connectivity index (χ3v) is 0.544. The van der Waals surface area contributed by atoms with Gasteiger partial charge in [0.2, 0.25) is 0 Å². The Morgan fingerprint density at radius 2 is 2.43 bits per heavy atom. The second-order valence-corrected chi connectivity index (χ2v) is 1.05. The lowest BCUT2D eigenvalue weighted by molar-refractivity contribution is -1.05. The van der Waals surface area contributed by atoms with Gasteiger partial charge in [0, 0.05) is 0 Å². The monoisotopic (exact) mass is 107 g/mol. The molecule has 0 fully saturated rings. The predicted molar refractivity (Wildman–Crippen MR) is 23.3 cm³/mol. The van der Waals surface area contributed by atoms with Crippen LogP contribution in [0, 0.1) is 5.21 Å². The lowest BCUT2D eigenvalue weighted by Crippen LogP contribution is -3.06. The van der Waals surface area contributed by atoms with Crippen molar-refractivity contribution in [3.05, 3.63) is 5.21 Å². The first-order valence-corrected chi connectivity index (χ1v) is 1.99. The fraction of sp³-hybridized carbons (Fsp3) is 1.00. The van der Waals surface area contributed by atoms with E-state index in [2.05, 4.69) is 4.84 Å². The van der Waals surface area contributed by atoms with Crippen LogP contribution >= 0.6 is 0 Å². The van der Waals surface area contributed by atoms with Crippen LogP contribution in [0.5, 0.6) is 0 Å². The van der Waals surface area contributed by atoms with Gasteiger partial charge in [0.1, 0.15) is 6.54 Å². The Morgan fingerprint density at radius 1 is 1.86 bits per heavy atom. The van der Waals surface area contributed by atoms with E-state index in [-0.39, 0.29) is 18.4 Å². The summed E-state index contributed by atoms with van der Waals surface area (Å²) in [6.45, 7) is -0.0385. The molecule has 1 unspecified atom stereocenters. The Kier molecular flexibility index (Phi) is 3.92. The molecule has 0 heterocycles. The first-order chi connectivity index (χ1) is 3.31. The lowest BCUT2D eigenvalue weighted by atomic mass is 10.7. The molecule has 7 heavy (non-hydrogen) atoms. The van der Waals surface area contributed by atoms with Crippen LogP contribution < -0.4 is 5.23 Å². The molecule has 0 bridgehead atoms. The number of hydrogen-bond donors (Lipinski definition) is 2. The van der Waals surface area contributed by atoms with Crippen LogP contribution in [-0.2, 0) is 4.84 Å². The van der Waals surface area contributed by atoms with Crippen molar-refractivity contribution >= 4 is 0 Å². The van der Waals surface area contributed by atoms with Crippen molar-refractivity contribution in [2.75, 3.05) is 20.3 Å². The van der Waals surface area contributed by atoms with E-state index in [1.807, 2.05) is 0 Å². The van der Waals surface area contributed by atoms with Gasteiger partial charge in [-0.1, -0.05) is 0 Å². The summed E-state index contributed by atoms with van der Waals surface area (Å²) in [5.74, 6) is 0. The Bertz CT molecular complexity index is 41.2. The zero-order valence-corrected chi connectivity index (χ0v) is 4.18. The molecule has 1 atom stereocenters. The highest BCUT2D eigenvalue weighted by Crippen LogP contribution is 1.43. The maximum atomic E-state index is 10.0. The summed E-state index contributed by atoms with van der Waals surface area (Å²) < 4.78 is 0. The number of hydrogen-bond acceptors (Lipinski definition) is 3. The molecule has 0 rings (SSSR count). The molecule has 0 spiro atoms. The summed E-state index contributed by atoms with van der Waals surface area (Å²) >= 11 is 0. The third-order valence-electron chi connectivity index (χ3n) is 0.544. The van der Waals surface area contributed by atoms with Gasteiger partial charge < -0.3 is 10.3 Å². The molecule has 0 saturated heterocycles. The number of aliphatic hydroxyl groups excluding tert-OH is 1. The molecule has 0 aromatic carbocycles. The van der Waals surface area contributed by atoms with E-state index >= 15 is 0 Å². The highest BCUT2D eigenvalue weighted by Gasteiger charge is 1.87. The van der Waals surface area contributed by atoms with Crippen LogP contribution in [0.3, 0.4) is 0 Å². The summed E-state index contributed by atoms with van der Waals surface area (Å²) in [4.78, 5) is 4.19. The second kappa shape index (κ2) is 4.01. The SMILES string of the molecule is CO[NH+]([O-])CCO. The summed E-state index contributed by atoms with van der Waals surface area (Å²) in [6.07, 6.45) is 0. The number of hydroxylamine groups is 2. The van der Waals surface area contributed by atoms with E-state index in [1.165, 1.54) is 7.11 Å². The van der Waals surface area contributed by atoms with Crippen molar-refractivity contribution < 1.29 is 15.2 Å². The quantitative estimate of drug-likeness (QED) is 0.407. The number of rotatable bonds is 3. The molecule has 0 saturated carbocycles. The van der Waals surface area contributed by atoms with E-state index in [0.717, 1.165) is 0 Å². The van der Waals surface area contributed by atoms with Crippen molar-refractivity contribution in [2.24, 2.45) is 0 Å². The first-order valence-electron chi connectivity index (χ1n) is 1.99. The largest absolute Gasteiger partial charge is 0.600 e. The molecule has 0 amide bonds. The van der Waals surface area contributed by atoms with Gasteiger partial charge in [0.05, 0.1) is 13.7 Å². The summed E-state index contributed by atoms with van der Waals surface area (Å²) in [5.41, 5.74) is 0. The van der Waals surface area contributed by atoms with Crippen LogP contribution in [0.4, 0.5) is 0 Å². The van der Waals surface area contributed by atoms with Crippen LogP contribution in [0.15, 0.2) is 0 Å². The van der Waals surface area contributed by atoms with Gasteiger partial charge in [0.25, 0.3) is 0 Å². The highest BCUT2D eigenvalue weighted by molar-refractivity contribution is 4.12. The Balaban J connectivity index is 2.83. The van der Waals surface area contributed by atoms with E-state index in [1.54, 1.807) is 0 Å². The Labute approximate surface area is 41.8 Å². The maximum absolute atomic E-state index is 10.0. The normalized spacial score (nSPS) is 14.1. The molecule has 4 heteroatoms. The molecule has 0 aliphatic rings. The van der Waals surface area contributed by atoms with Gasteiger partial charge in [-0.3, -0.25) is 0 Å². The molecule has 0 aromatic heterocycles. The van der Waals surface area contributed by atoms with Crippen LogP contribution in [-0.4, -0.2) is 25.4 Å². The van der Waals surface area contributed by atoms with Crippen molar-refractivity contribution in [3.63, 3.8) is 0 Å². The van der Waals surface area contributed by atoms with Crippen LogP contribution in [0.25, 0.3) is 0 Å². The first kappa shape index (κ1) is 6.84.